The van der Waals surface area contributed by atoms with E-state index in [1.807, 2.05) is 247 Å². The highest BCUT2D eigenvalue weighted by Gasteiger charge is 2.58. The van der Waals surface area contributed by atoms with Gasteiger partial charge in [-0.2, -0.15) is 0 Å². The quantitative estimate of drug-likeness (QED) is 0.0358. The zero-order valence-electron chi connectivity index (χ0n) is 54.4. The van der Waals surface area contributed by atoms with E-state index in [1.54, 1.807) is 7.11 Å². The van der Waals surface area contributed by atoms with Crippen molar-refractivity contribution in [2.45, 2.75) is 186 Å². The standard InChI is InChI=1S/C77H92O16/c1-7-44-82-69-66(91-75-72(93-76(78)77(3,4)5)68(86-50-59-40-26-14-27-41-59)64(61(8-2)88-75)83-47-56-34-20-11-21-35-56)63(53-81-46-55-32-18-10-19-33-55)89-73(79-6)71(69)92-74-70(87-51-60-42-28-15-29-43-60)67(85-49-58-38-24-13-25-39-58)65(84-48-57-36-22-12-23-37-57)62(90-74)52-80-45-54-30-16-9-17-31-54/h9-43,61-75H,7-8,44-53H2,1-6H3/t61?,62?,63?,64-,65+,66+,67-,68-,69-,70?,71?,72?,73+,74+,75-/m0/s1. The molecular formula is C77H92O16. The fourth-order valence-electron chi connectivity index (χ4n) is 11.7. The lowest BCUT2D eigenvalue weighted by Crippen LogP contribution is -2.68. The summed E-state index contributed by atoms with van der Waals surface area (Å²) in [5.74, 6) is -0.495. The number of ether oxygens (including phenoxy) is 15. The van der Waals surface area contributed by atoms with Crippen molar-refractivity contribution in [3.8, 4) is 0 Å². The third-order valence-electron chi connectivity index (χ3n) is 16.6. The summed E-state index contributed by atoms with van der Waals surface area (Å²) >= 11 is 0. The van der Waals surface area contributed by atoms with Crippen molar-refractivity contribution >= 4 is 5.97 Å². The van der Waals surface area contributed by atoms with Crippen molar-refractivity contribution in [1.82, 2.24) is 0 Å². The van der Waals surface area contributed by atoms with Crippen LogP contribution in [0.3, 0.4) is 0 Å². The molecule has 496 valence electrons. The Morgan fingerprint density at radius 2 is 0.667 bits per heavy atom. The average Bonchev–Trinajstić information content (AvgIpc) is 0.776. The van der Waals surface area contributed by atoms with Gasteiger partial charge in [-0.1, -0.05) is 226 Å². The molecule has 16 nitrogen and oxygen atoms in total. The smallest absolute Gasteiger partial charge is 0.311 e. The maximum absolute atomic E-state index is 14.6. The third kappa shape index (κ3) is 20.0. The molecule has 0 saturated carbocycles. The number of carbonyl (C=O) groups is 1. The van der Waals surface area contributed by atoms with E-state index in [4.69, 9.17) is 71.1 Å². The number of esters is 1. The molecule has 0 aliphatic carbocycles. The first kappa shape index (κ1) is 69.3. The molecule has 0 radical (unpaired) electrons. The van der Waals surface area contributed by atoms with Gasteiger partial charge in [-0.05, 0) is 72.6 Å². The van der Waals surface area contributed by atoms with E-state index < -0.39 is 104 Å². The van der Waals surface area contributed by atoms with Crippen molar-refractivity contribution < 1.29 is 75.8 Å². The van der Waals surface area contributed by atoms with Crippen LogP contribution >= 0.6 is 0 Å². The Hall–Kier alpha value is -6.55. The van der Waals surface area contributed by atoms with Crippen molar-refractivity contribution in [2.75, 3.05) is 26.9 Å². The van der Waals surface area contributed by atoms with Crippen molar-refractivity contribution in [2.24, 2.45) is 5.41 Å². The Morgan fingerprint density at radius 3 is 1.05 bits per heavy atom. The Kier molecular flexibility index (Phi) is 26.7. The topological polar surface area (TPSA) is 156 Å². The van der Waals surface area contributed by atoms with E-state index >= 15 is 0 Å². The highest BCUT2D eigenvalue weighted by atomic mass is 16.8. The van der Waals surface area contributed by atoms with Crippen LogP contribution in [0.15, 0.2) is 212 Å². The molecule has 3 saturated heterocycles. The molecule has 6 unspecified atom stereocenters. The first-order chi connectivity index (χ1) is 45.5. The van der Waals surface area contributed by atoms with E-state index in [1.165, 1.54) is 0 Å². The van der Waals surface area contributed by atoms with Crippen LogP contribution in [0.4, 0.5) is 0 Å². The summed E-state index contributed by atoms with van der Waals surface area (Å²) < 4.78 is 105. The summed E-state index contributed by atoms with van der Waals surface area (Å²) in [6.45, 7) is 11.4. The van der Waals surface area contributed by atoms with Gasteiger partial charge in [-0.15, -0.1) is 0 Å². The third-order valence-corrected chi connectivity index (χ3v) is 16.6. The van der Waals surface area contributed by atoms with Gasteiger partial charge in [0.05, 0.1) is 71.0 Å². The van der Waals surface area contributed by atoms with Crippen molar-refractivity contribution in [3.05, 3.63) is 251 Å². The number of methoxy groups -OCH3 is 1. The van der Waals surface area contributed by atoms with E-state index in [-0.39, 0.29) is 59.5 Å². The van der Waals surface area contributed by atoms with Crippen LogP contribution < -0.4 is 0 Å². The second kappa shape index (κ2) is 35.8. The summed E-state index contributed by atoms with van der Waals surface area (Å²) in [6.07, 6.45) is -13.5. The molecule has 3 aliphatic rings. The van der Waals surface area contributed by atoms with Gasteiger partial charge in [0.15, 0.2) is 25.0 Å². The molecule has 0 amide bonds. The van der Waals surface area contributed by atoms with Crippen LogP contribution in [-0.4, -0.2) is 125 Å². The maximum atomic E-state index is 14.6. The molecule has 7 aromatic carbocycles. The van der Waals surface area contributed by atoms with E-state index in [2.05, 4.69) is 0 Å². The monoisotopic (exact) mass is 1270 g/mol. The van der Waals surface area contributed by atoms with Gasteiger partial charge in [0.1, 0.15) is 61.0 Å². The molecule has 7 aromatic rings. The summed E-state index contributed by atoms with van der Waals surface area (Å²) in [5.41, 5.74) is 5.68. The molecule has 93 heavy (non-hydrogen) atoms. The lowest BCUT2D eigenvalue weighted by atomic mass is 9.93. The van der Waals surface area contributed by atoms with Gasteiger partial charge in [-0.25, -0.2) is 0 Å². The van der Waals surface area contributed by atoms with Crippen molar-refractivity contribution in [3.63, 3.8) is 0 Å². The molecule has 3 fully saturated rings. The maximum Gasteiger partial charge on any atom is 0.311 e. The Balaban J connectivity index is 1.06. The molecule has 10 rings (SSSR count). The lowest BCUT2D eigenvalue weighted by Gasteiger charge is -2.51. The minimum atomic E-state index is -1.30. The second-order valence-corrected chi connectivity index (χ2v) is 24.7. The van der Waals surface area contributed by atoms with Gasteiger partial charge in [0.2, 0.25) is 0 Å². The molecule has 0 bridgehead atoms. The van der Waals surface area contributed by atoms with E-state index in [0.717, 1.165) is 38.9 Å². The molecule has 16 heteroatoms. The number of carbonyl (C=O) groups excluding carboxylic acids is 1. The van der Waals surface area contributed by atoms with Gasteiger partial charge in [-0.3, -0.25) is 4.79 Å². The predicted octanol–water partition coefficient (Wildman–Crippen LogP) is 13.1. The summed E-state index contributed by atoms with van der Waals surface area (Å²) in [7, 11) is 1.56. The highest BCUT2D eigenvalue weighted by molar-refractivity contribution is 5.75. The first-order valence-electron chi connectivity index (χ1n) is 32.7. The largest absolute Gasteiger partial charge is 0.454 e. The molecule has 0 aromatic heterocycles. The summed E-state index contributed by atoms with van der Waals surface area (Å²) in [6, 6.07) is 69.6. The van der Waals surface area contributed by atoms with Gasteiger partial charge in [0.25, 0.3) is 0 Å². The average molecular weight is 1270 g/mol. The summed E-state index contributed by atoms with van der Waals surface area (Å²) in [5, 5.41) is 0. The van der Waals surface area contributed by atoms with Crippen LogP contribution in [-0.2, 0) is 122 Å². The van der Waals surface area contributed by atoms with Gasteiger partial charge >= 0.3 is 5.97 Å². The molecule has 3 aliphatic heterocycles. The van der Waals surface area contributed by atoms with Crippen LogP contribution in [0, 0.1) is 5.41 Å². The number of hydrogen-bond donors (Lipinski definition) is 0. The Labute approximate surface area is 548 Å². The number of hydrogen-bond acceptors (Lipinski definition) is 16. The van der Waals surface area contributed by atoms with Crippen LogP contribution in [0.5, 0.6) is 0 Å². The van der Waals surface area contributed by atoms with Crippen LogP contribution in [0.25, 0.3) is 0 Å². The van der Waals surface area contributed by atoms with Gasteiger partial charge < -0.3 is 71.1 Å². The van der Waals surface area contributed by atoms with Crippen LogP contribution in [0.2, 0.25) is 0 Å². The molecule has 15 atom stereocenters. The van der Waals surface area contributed by atoms with E-state index in [0.29, 0.717) is 19.4 Å². The highest BCUT2D eigenvalue weighted by Crippen LogP contribution is 2.40. The Morgan fingerprint density at radius 1 is 0.355 bits per heavy atom. The molecule has 3 heterocycles. The van der Waals surface area contributed by atoms with Gasteiger partial charge in [0, 0.05) is 13.7 Å². The van der Waals surface area contributed by atoms with Crippen molar-refractivity contribution in [1.29, 1.82) is 0 Å². The number of rotatable bonds is 33. The first-order valence-corrected chi connectivity index (χ1v) is 32.7. The second-order valence-electron chi connectivity index (χ2n) is 24.7. The number of benzene rings is 7. The zero-order valence-corrected chi connectivity index (χ0v) is 54.4. The fourth-order valence-corrected chi connectivity index (χ4v) is 11.7. The zero-order chi connectivity index (χ0) is 64.6. The summed E-state index contributed by atoms with van der Waals surface area (Å²) in [4.78, 5) is 14.6. The minimum absolute atomic E-state index is 0.00461. The predicted molar refractivity (Wildman–Crippen MR) is 350 cm³/mol. The molecule has 0 N–H and O–H groups in total. The normalized spacial score (nSPS) is 26.5. The minimum Gasteiger partial charge on any atom is -0.454 e. The molecular weight excluding hydrogens is 1180 g/mol. The lowest BCUT2D eigenvalue weighted by molar-refractivity contribution is -0.395. The Bertz CT molecular complexity index is 3180. The van der Waals surface area contributed by atoms with E-state index in [9.17, 15) is 4.79 Å². The molecule has 0 spiro atoms. The fraction of sp³-hybridized carbons (Fsp3) is 0.442. The van der Waals surface area contributed by atoms with Crippen LogP contribution in [0.1, 0.15) is 86.4 Å². The SMILES string of the molecule is CCCO[C@@H]1C(O[C@H]2OC(COCc3ccccc3)[C@@H](OCc3ccccc3)[C@H](OCc3ccccc3)C2OCc2ccccc2)[C@H](OC)OC(COCc2ccccc2)[C@H]1O[C@@H]1OC(CC)[C@H](OCc2ccccc2)[C@H](OCc2ccccc2)C1OC(=O)C(C)(C)C.